The Morgan fingerprint density at radius 1 is 0.935 bits per heavy atom. The lowest BCUT2D eigenvalue weighted by molar-refractivity contribution is -0.166. The van der Waals surface area contributed by atoms with Crippen molar-refractivity contribution in [3.05, 3.63) is 78.5 Å². The van der Waals surface area contributed by atoms with Crippen molar-refractivity contribution in [2.24, 2.45) is 0 Å². The number of aromatic nitrogens is 1. The number of carbonyl (C=O) groups is 4. The van der Waals surface area contributed by atoms with E-state index in [1.54, 1.807) is 38.7 Å². The third-order valence-corrected chi connectivity index (χ3v) is 7.23. The van der Waals surface area contributed by atoms with E-state index < -0.39 is 29.7 Å². The molecule has 0 bridgehead atoms. The molecule has 2 aromatic carbocycles. The lowest BCUT2D eigenvalue weighted by Gasteiger charge is -2.39. The second kappa shape index (κ2) is 15.5. The van der Waals surface area contributed by atoms with Crippen LogP contribution in [0.2, 0.25) is 0 Å². The summed E-state index contributed by atoms with van der Waals surface area (Å²) in [5.74, 6) is -1.38. The fourth-order valence-corrected chi connectivity index (χ4v) is 5.13. The van der Waals surface area contributed by atoms with Gasteiger partial charge in [-0.15, -0.1) is 5.06 Å². The Morgan fingerprint density at radius 3 is 2.20 bits per heavy atom. The number of carbonyl (C=O) groups excluding carboxylic acids is 4. The third kappa shape index (κ3) is 9.61. The van der Waals surface area contributed by atoms with Crippen LogP contribution in [0, 0.1) is 0 Å². The van der Waals surface area contributed by atoms with Gasteiger partial charge >= 0.3 is 12.1 Å². The summed E-state index contributed by atoms with van der Waals surface area (Å²) < 4.78 is 10.3. The predicted molar refractivity (Wildman–Crippen MR) is 172 cm³/mol. The van der Waals surface area contributed by atoms with E-state index in [1.807, 2.05) is 73.7 Å². The third-order valence-electron chi connectivity index (χ3n) is 7.23. The molecule has 0 radical (unpaired) electrons. The number of ether oxygens (including phenoxy) is 2. The summed E-state index contributed by atoms with van der Waals surface area (Å²) in [6.07, 6.45) is -0.867. The largest absolute Gasteiger partial charge is 0.527 e. The maximum atomic E-state index is 14.0. The first kappa shape index (κ1) is 34.1. The van der Waals surface area contributed by atoms with Crippen LogP contribution in [0.1, 0.15) is 57.9 Å². The number of hydrogen-bond acceptors (Lipinski definition) is 9. The van der Waals surface area contributed by atoms with Crippen LogP contribution >= 0.6 is 0 Å². The molecular weight excluding hydrogens is 588 g/mol. The maximum absolute atomic E-state index is 14.0. The zero-order chi connectivity index (χ0) is 33.3. The Kier molecular flexibility index (Phi) is 11.5. The van der Waals surface area contributed by atoms with Crippen LogP contribution in [-0.2, 0) is 23.9 Å². The summed E-state index contributed by atoms with van der Waals surface area (Å²) in [7, 11) is 0. The average Bonchev–Trinajstić information content (AvgIpc) is 3.02. The first-order valence-corrected chi connectivity index (χ1v) is 15.5. The van der Waals surface area contributed by atoms with E-state index in [0.717, 1.165) is 16.7 Å². The number of pyridine rings is 1. The molecule has 1 saturated heterocycles. The molecule has 1 aliphatic heterocycles. The maximum Gasteiger partial charge on any atom is 0.527 e. The molecule has 1 fully saturated rings. The van der Waals surface area contributed by atoms with Crippen LogP contribution in [0.25, 0.3) is 22.4 Å². The number of esters is 1. The van der Waals surface area contributed by atoms with Crippen molar-refractivity contribution in [2.75, 3.05) is 26.2 Å². The molecule has 3 aromatic rings. The quantitative estimate of drug-likeness (QED) is 0.299. The van der Waals surface area contributed by atoms with Crippen LogP contribution in [-0.4, -0.2) is 82.8 Å². The Bertz CT molecular complexity index is 1450. The summed E-state index contributed by atoms with van der Waals surface area (Å²) >= 11 is 0. The molecule has 1 unspecified atom stereocenters. The summed E-state index contributed by atoms with van der Waals surface area (Å²) in [5.41, 5.74) is 2.59. The van der Waals surface area contributed by atoms with E-state index in [9.17, 15) is 19.2 Å². The highest BCUT2D eigenvalue weighted by Gasteiger charge is 2.35. The molecule has 1 aliphatic rings. The number of hydrogen-bond donors (Lipinski definition) is 1. The van der Waals surface area contributed by atoms with Gasteiger partial charge in [0.2, 0.25) is 5.91 Å². The van der Waals surface area contributed by atoms with Crippen LogP contribution in [0.3, 0.4) is 0 Å². The van der Waals surface area contributed by atoms with E-state index >= 15 is 0 Å². The molecule has 0 spiro atoms. The van der Waals surface area contributed by atoms with Crippen molar-refractivity contribution < 1.29 is 33.5 Å². The van der Waals surface area contributed by atoms with Crippen molar-refractivity contribution in [1.82, 2.24) is 20.3 Å². The molecule has 46 heavy (non-hydrogen) atoms. The number of amides is 2. The van der Waals surface area contributed by atoms with Gasteiger partial charge in [0.25, 0.3) is 5.91 Å². The smallest absolute Gasteiger partial charge is 0.460 e. The summed E-state index contributed by atoms with van der Waals surface area (Å²) in [6, 6.07) is 21.4. The van der Waals surface area contributed by atoms with Gasteiger partial charge in [0.15, 0.2) is 0 Å². The van der Waals surface area contributed by atoms with Gasteiger partial charge in [-0.25, -0.2) is 9.78 Å². The first-order chi connectivity index (χ1) is 21.9. The van der Waals surface area contributed by atoms with Gasteiger partial charge in [-0.1, -0.05) is 60.7 Å². The first-order valence-electron chi connectivity index (χ1n) is 15.5. The van der Waals surface area contributed by atoms with Crippen molar-refractivity contribution >= 4 is 23.9 Å². The molecule has 0 aliphatic carbocycles. The molecule has 11 heteroatoms. The fraction of sp³-hybridized carbons (Fsp3) is 0.400. The Morgan fingerprint density at radius 2 is 1.59 bits per heavy atom. The number of nitrogens with one attached hydrogen (secondary N) is 1. The highest BCUT2D eigenvalue weighted by Crippen LogP contribution is 2.26. The Balaban J connectivity index is 1.59. The van der Waals surface area contributed by atoms with Crippen LogP contribution in [0.15, 0.2) is 72.8 Å². The fourth-order valence-electron chi connectivity index (χ4n) is 5.13. The number of nitrogens with zero attached hydrogens (tertiary/aromatic N) is 3. The summed E-state index contributed by atoms with van der Waals surface area (Å²) in [6.45, 7) is 9.73. The molecule has 1 N–H and O–H groups in total. The highest BCUT2D eigenvalue weighted by molar-refractivity contribution is 5.98. The number of rotatable bonds is 10. The molecule has 4 rings (SSSR count). The van der Waals surface area contributed by atoms with E-state index in [1.165, 1.54) is 5.06 Å². The lowest BCUT2D eigenvalue weighted by Crippen LogP contribution is -2.59. The SMILES string of the molecule is CCOC(=O)ON1CCN(C(=O)[C@H](CCC(=O)OC(C)(C)C)NC(=O)c2cc(-c3ccccc3)cc(-c3ccccc3)n2)C(C)C1. The minimum Gasteiger partial charge on any atom is -0.460 e. The molecule has 0 saturated carbocycles. The Labute approximate surface area is 269 Å². The predicted octanol–water partition coefficient (Wildman–Crippen LogP) is 5.26. The number of hydroxylamine groups is 2. The van der Waals surface area contributed by atoms with Gasteiger partial charge in [0.05, 0.1) is 25.4 Å². The van der Waals surface area contributed by atoms with Crippen molar-refractivity contribution in [3.8, 4) is 22.4 Å². The topological polar surface area (TPSA) is 127 Å². The zero-order valence-electron chi connectivity index (χ0n) is 27.0. The minimum absolute atomic E-state index is 0.0235. The molecule has 11 nitrogen and oxygen atoms in total. The van der Waals surface area contributed by atoms with Gasteiger partial charge in [0.1, 0.15) is 17.3 Å². The van der Waals surface area contributed by atoms with E-state index in [-0.39, 0.29) is 56.7 Å². The average molecular weight is 631 g/mol. The second-order valence-electron chi connectivity index (χ2n) is 12.1. The van der Waals surface area contributed by atoms with Crippen molar-refractivity contribution in [1.29, 1.82) is 0 Å². The van der Waals surface area contributed by atoms with Gasteiger partial charge in [0, 0.05) is 24.6 Å². The zero-order valence-corrected chi connectivity index (χ0v) is 27.0. The van der Waals surface area contributed by atoms with Gasteiger partial charge in [-0.2, -0.15) is 0 Å². The Hall–Kier alpha value is -4.77. The van der Waals surface area contributed by atoms with Crippen molar-refractivity contribution in [3.63, 3.8) is 0 Å². The summed E-state index contributed by atoms with van der Waals surface area (Å²) in [5, 5.41) is 4.32. The van der Waals surface area contributed by atoms with E-state index in [2.05, 4.69) is 10.3 Å². The molecule has 2 atom stereocenters. The van der Waals surface area contributed by atoms with Crippen LogP contribution < -0.4 is 5.32 Å². The minimum atomic E-state index is -1.04. The molecule has 2 amide bonds. The monoisotopic (exact) mass is 630 g/mol. The normalized spacial score (nSPS) is 15.8. The van der Waals surface area contributed by atoms with E-state index in [4.69, 9.17) is 14.3 Å². The van der Waals surface area contributed by atoms with Gasteiger partial charge in [-0.05, 0) is 64.3 Å². The standard InChI is InChI=1S/C35H42N4O7/c1-6-44-34(43)46-38-19-20-39(24(2)23-38)33(42)28(17-18-31(40)45-35(3,4)5)37-32(41)30-22-27(25-13-9-7-10-14-25)21-29(36-30)26-15-11-8-12-16-26/h7-16,21-22,24,28H,6,17-20,23H2,1-5H3,(H,37,41)/t24?,28-/m0/s1. The van der Waals surface area contributed by atoms with E-state index in [0.29, 0.717) is 5.69 Å². The van der Waals surface area contributed by atoms with Crippen LogP contribution in [0.4, 0.5) is 4.79 Å². The summed E-state index contributed by atoms with van der Waals surface area (Å²) in [4.78, 5) is 63.8. The highest BCUT2D eigenvalue weighted by atomic mass is 16.8. The molecule has 2 heterocycles. The van der Waals surface area contributed by atoms with Crippen LogP contribution in [0.5, 0.6) is 0 Å². The number of benzene rings is 2. The van der Waals surface area contributed by atoms with Crippen molar-refractivity contribution in [2.45, 2.75) is 65.1 Å². The van der Waals surface area contributed by atoms with Gasteiger partial charge in [-0.3, -0.25) is 14.4 Å². The lowest BCUT2D eigenvalue weighted by atomic mass is 10.0. The van der Waals surface area contributed by atoms with Gasteiger partial charge < -0.3 is 24.5 Å². The molecular formula is C35H42N4O7. The molecule has 1 aromatic heterocycles. The second-order valence-corrected chi connectivity index (χ2v) is 12.1. The number of piperazine rings is 1. The molecule has 244 valence electrons.